The first-order chi connectivity index (χ1) is 11.2. The van der Waals surface area contributed by atoms with Gasteiger partial charge in [0.05, 0.1) is 5.56 Å². The van der Waals surface area contributed by atoms with Crippen LogP contribution >= 0.6 is 0 Å². The van der Waals surface area contributed by atoms with Gasteiger partial charge in [0.1, 0.15) is 6.04 Å². The van der Waals surface area contributed by atoms with Gasteiger partial charge in [-0.1, -0.05) is 13.3 Å². The fourth-order valence-electron chi connectivity index (χ4n) is 1.62. The molecule has 1 amide bonds. The van der Waals surface area contributed by atoms with Gasteiger partial charge in [-0.05, 0) is 12.5 Å². The van der Waals surface area contributed by atoms with Crippen LogP contribution in [0.1, 0.15) is 30.1 Å². The molecule has 1 rings (SSSR count). The number of alkyl halides is 4. The van der Waals surface area contributed by atoms with E-state index in [1.54, 1.807) is 6.92 Å². The molecule has 0 aliphatic rings. The molecule has 0 radical (unpaired) electrons. The number of hydrogen-bond donors (Lipinski definition) is 2. The summed E-state index contributed by atoms with van der Waals surface area (Å²) in [6.07, 6.45) is -2.12. The van der Waals surface area contributed by atoms with Gasteiger partial charge in [0.2, 0.25) is 5.88 Å². The lowest BCUT2D eigenvalue weighted by Gasteiger charge is -2.16. The van der Waals surface area contributed by atoms with Crippen molar-refractivity contribution >= 4 is 11.9 Å². The topological polar surface area (TPSA) is 88.5 Å². The molecule has 1 unspecified atom stereocenters. The predicted octanol–water partition coefficient (Wildman–Crippen LogP) is 2.34. The number of halogens is 4. The Morgan fingerprint density at radius 2 is 2.04 bits per heavy atom. The third kappa shape index (κ3) is 5.67. The minimum absolute atomic E-state index is 0.0228. The highest BCUT2D eigenvalue weighted by Gasteiger charge is 2.41. The smallest absolute Gasteiger partial charge is 0.340 e. The van der Waals surface area contributed by atoms with Crippen LogP contribution in [0.5, 0.6) is 5.88 Å². The molecule has 1 aromatic rings. The largest absolute Gasteiger partial charge is 0.480 e. The lowest BCUT2D eigenvalue weighted by molar-refractivity contribution is -0.148. The van der Waals surface area contributed by atoms with E-state index in [-0.39, 0.29) is 17.9 Å². The minimum atomic E-state index is -4.31. The molecule has 0 aliphatic carbocycles. The summed E-state index contributed by atoms with van der Waals surface area (Å²) in [4.78, 5) is 26.4. The molecule has 134 valence electrons. The van der Waals surface area contributed by atoms with Crippen molar-refractivity contribution in [3.8, 4) is 5.88 Å². The van der Waals surface area contributed by atoms with Crippen LogP contribution in [-0.2, 0) is 4.79 Å². The monoisotopic (exact) mass is 352 g/mol. The third-order valence-electron chi connectivity index (χ3n) is 2.91. The van der Waals surface area contributed by atoms with Gasteiger partial charge >= 0.3 is 18.3 Å². The summed E-state index contributed by atoms with van der Waals surface area (Å²) in [6, 6.07) is 1.14. The summed E-state index contributed by atoms with van der Waals surface area (Å²) in [6.45, 7) is 0.200. The van der Waals surface area contributed by atoms with Crippen molar-refractivity contribution in [1.29, 1.82) is 0 Å². The quantitative estimate of drug-likeness (QED) is 0.666. The van der Waals surface area contributed by atoms with Crippen molar-refractivity contribution in [3.05, 3.63) is 23.9 Å². The Bertz CT molecular complexity index is 566. The Morgan fingerprint density at radius 3 is 2.50 bits per heavy atom. The lowest BCUT2D eigenvalue weighted by Crippen LogP contribution is -2.40. The number of pyridine rings is 1. The maximum atomic E-state index is 12.7. The van der Waals surface area contributed by atoms with Gasteiger partial charge < -0.3 is 15.2 Å². The fraction of sp³-hybridized carbons (Fsp3) is 0.500. The summed E-state index contributed by atoms with van der Waals surface area (Å²) < 4.78 is 53.8. The maximum Gasteiger partial charge on any atom is 0.340 e. The number of carboxylic acid groups (broad SMARTS) is 1. The molecule has 2 N–H and O–H groups in total. The summed E-state index contributed by atoms with van der Waals surface area (Å²) in [7, 11) is 0. The predicted molar refractivity (Wildman–Crippen MR) is 74.5 cm³/mol. The SMILES string of the molecule is CCCC(NC(=O)c1ccc(OCC(F)(F)C(F)F)nc1)C(=O)O. The van der Waals surface area contributed by atoms with Crippen LogP contribution in [0.4, 0.5) is 17.6 Å². The molecule has 0 saturated heterocycles. The number of hydrogen-bond acceptors (Lipinski definition) is 4. The first-order valence-corrected chi connectivity index (χ1v) is 6.96. The van der Waals surface area contributed by atoms with E-state index in [4.69, 9.17) is 5.11 Å². The standard InChI is InChI=1S/C14H16F4N2O4/c1-2-3-9(12(22)23)20-11(21)8-4-5-10(19-6-8)24-7-14(17,18)13(15)16/h4-6,9,13H,2-3,7H2,1H3,(H,20,21)(H,22,23). The second-order valence-corrected chi connectivity index (χ2v) is 4.89. The van der Waals surface area contributed by atoms with Crippen LogP contribution in [0, 0.1) is 0 Å². The van der Waals surface area contributed by atoms with Crippen molar-refractivity contribution < 1.29 is 37.0 Å². The van der Waals surface area contributed by atoms with Crippen molar-refractivity contribution in [2.24, 2.45) is 0 Å². The van der Waals surface area contributed by atoms with Gasteiger partial charge in [0.25, 0.3) is 5.91 Å². The molecule has 0 spiro atoms. The van der Waals surface area contributed by atoms with Gasteiger partial charge in [-0.2, -0.15) is 8.78 Å². The normalized spacial score (nSPS) is 12.8. The van der Waals surface area contributed by atoms with Crippen LogP contribution in [0.2, 0.25) is 0 Å². The minimum Gasteiger partial charge on any atom is -0.480 e. The molecule has 0 aromatic carbocycles. The Hall–Kier alpha value is -2.39. The molecule has 10 heteroatoms. The van der Waals surface area contributed by atoms with Crippen molar-refractivity contribution in [2.75, 3.05) is 6.61 Å². The number of aliphatic carboxylic acids is 1. The zero-order valence-corrected chi connectivity index (χ0v) is 12.6. The molecule has 1 atom stereocenters. The molecule has 0 fully saturated rings. The molecule has 1 heterocycles. The Kier molecular flexibility index (Phi) is 6.93. The van der Waals surface area contributed by atoms with Crippen LogP contribution in [-0.4, -0.2) is 47.0 Å². The summed E-state index contributed by atoms with van der Waals surface area (Å²) >= 11 is 0. The van der Waals surface area contributed by atoms with E-state index in [1.165, 1.54) is 0 Å². The Labute approximate surface area is 134 Å². The van der Waals surface area contributed by atoms with Crippen LogP contribution in [0.15, 0.2) is 18.3 Å². The number of carbonyl (C=O) groups is 2. The first-order valence-electron chi connectivity index (χ1n) is 6.96. The fourth-order valence-corrected chi connectivity index (χ4v) is 1.62. The molecule has 0 bridgehead atoms. The highest BCUT2D eigenvalue weighted by Crippen LogP contribution is 2.23. The second kappa shape index (κ2) is 8.46. The molecular formula is C14H16F4N2O4. The van der Waals surface area contributed by atoms with E-state index in [1.807, 2.05) is 0 Å². The number of amides is 1. The zero-order chi connectivity index (χ0) is 18.3. The van der Waals surface area contributed by atoms with E-state index in [0.29, 0.717) is 6.42 Å². The van der Waals surface area contributed by atoms with Gasteiger partial charge in [0, 0.05) is 12.3 Å². The molecule has 24 heavy (non-hydrogen) atoms. The maximum absolute atomic E-state index is 12.7. The highest BCUT2D eigenvalue weighted by molar-refractivity contribution is 5.96. The first kappa shape index (κ1) is 19.7. The summed E-state index contributed by atoms with van der Waals surface area (Å²) in [5, 5.41) is 11.2. The van der Waals surface area contributed by atoms with Gasteiger partial charge in [-0.15, -0.1) is 0 Å². The molecule has 6 nitrogen and oxygen atoms in total. The van der Waals surface area contributed by atoms with Gasteiger partial charge in [-0.3, -0.25) is 4.79 Å². The number of carbonyl (C=O) groups excluding carboxylic acids is 1. The number of nitrogens with one attached hydrogen (secondary N) is 1. The molecular weight excluding hydrogens is 336 g/mol. The van der Waals surface area contributed by atoms with Crippen LogP contribution in [0.25, 0.3) is 0 Å². The van der Waals surface area contributed by atoms with E-state index in [9.17, 15) is 27.2 Å². The Balaban J connectivity index is 2.66. The Morgan fingerprint density at radius 1 is 1.38 bits per heavy atom. The summed E-state index contributed by atoms with van der Waals surface area (Å²) in [5.41, 5.74) is -0.0228. The summed E-state index contributed by atoms with van der Waals surface area (Å²) in [5.74, 6) is -6.58. The number of rotatable bonds is 9. The number of nitrogens with zero attached hydrogens (tertiary/aromatic N) is 1. The van der Waals surface area contributed by atoms with Crippen molar-refractivity contribution in [1.82, 2.24) is 10.3 Å². The highest BCUT2D eigenvalue weighted by atomic mass is 19.3. The van der Waals surface area contributed by atoms with E-state index < -0.39 is 36.9 Å². The second-order valence-electron chi connectivity index (χ2n) is 4.89. The van der Waals surface area contributed by atoms with Gasteiger partial charge in [-0.25, -0.2) is 18.6 Å². The van der Waals surface area contributed by atoms with E-state index >= 15 is 0 Å². The van der Waals surface area contributed by atoms with Crippen molar-refractivity contribution in [3.63, 3.8) is 0 Å². The molecule has 0 saturated carbocycles. The van der Waals surface area contributed by atoms with Crippen LogP contribution in [0.3, 0.4) is 0 Å². The van der Waals surface area contributed by atoms with Crippen molar-refractivity contribution in [2.45, 2.75) is 38.2 Å². The van der Waals surface area contributed by atoms with E-state index in [0.717, 1.165) is 18.3 Å². The van der Waals surface area contributed by atoms with Gasteiger partial charge in [0.15, 0.2) is 6.61 Å². The van der Waals surface area contributed by atoms with Crippen LogP contribution < -0.4 is 10.1 Å². The number of aromatic nitrogens is 1. The molecule has 1 aromatic heterocycles. The average Bonchev–Trinajstić information content (AvgIpc) is 2.52. The average molecular weight is 352 g/mol. The zero-order valence-electron chi connectivity index (χ0n) is 12.6. The number of ether oxygens (including phenoxy) is 1. The third-order valence-corrected chi connectivity index (χ3v) is 2.91. The number of carboxylic acids is 1. The molecule has 0 aliphatic heterocycles. The lowest BCUT2D eigenvalue weighted by atomic mass is 10.1. The van der Waals surface area contributed by atoms with E-state index in [2.05, 4.69) is 15.0 Å².